The third-order valence-corrected chi connectivity index (χ3v) is 6.47. The number of aromatic nitrogens is 2. The van der Waals surface area contributed by atoms with Crippen LogP contribution in [0.3, 0.4) is 0 Å². The second kappa shape index (κ2) is 8.96. The van der Waals surface area contributed by atoms with Crippen LogP contribution in [0, 0.1) is 6.92 Å². The van der Waals surface area contributed by atoms with Gasteiger partial charge in [0.25, 0.3) is 5.78 Å². The van der Waals surface area contributed by atoms with Crippen LogP contribution in [0.1, 0.15) is 56.2 Å². The summed E-state index contributed by atoms with van der Waals surface area (Å²) in [5.41, 5.74) is 3.33. The van der Waals surface area contributed by atoms with E-state index >= 15 is 0 Å². The molecule has 0 spiro atoms. The Bertz CT molecular complexity index is 1540. The fourth-order valence-electron chi connectivity index (χ4n) is 4.69. The number of aliphatic hydroxyl groups is 1. The molecule has 0 bridgehead atoms. The molecule has 1 unspecified atom stereocenters. The van der Waals surface area contributed by atoms with Crippen molar-refractivity contribution in [2.75, 3.05) is 11.5 Å². The molecule has 1 amide bonds. The molecular formula is C29H29N3O5. The lowest BCUT2D eigenvalue weighted by Gasteiger charge is -2.24. The number of carbonyl (C=O) groups is 2. The van der Waals surface area contributed by atoms with E-state index in [1.807, 2.05) is 52.8 Å². The topological polar surface area (TPSA) is 109 Å². The van der Waals surface area contributed by atoms with Crippen LogP contribution in [-0.2, 0) is 15.0 Å². The van der Waals surface area contributed by atoms with E-state index in [2.05, 4.69) is 9.97 Å². The minimum atomic E-state index is -0.999. The number of anilines is 1. The molecule has 2 aromatic carbocycles. The van der Waals surface area contributed by atoms with Gasteiger partial charge in [-0.05, 0) is 67.3 Å². The molecule has 0 radical (unpaired) electrons. The van der Waals surface area contributed by atoms with Crippen molar-refractivity contribution in [3.8, 4) is 5.75 Å². The first-order valence-corrected chi connectivity index (χ1v) is 12.2. The number of H-pyrrole nitrogens is 1. The summed E-state index contributed by atoms with van der Waals surface area (Å²) >= 11 is 0. The first kappa shape index (κ1) is 24.4. The number of furan rings is 1. The van der Waals surface area contributed by atoms with Crippen LogP contribution in [0.5, 0.6) is 5.75 Å². The van der Waals surface area contributed by atoms with Gasteiger partial charge in [0.05, 0.1) is 29.5 Å². The Balaban J connectivity index is 1.69. The highest BCUT2D eigenvalue weighted by Crippen LogP contribution is 2.43. The van der Waals surface area contributed by atoms with Gasteiger partial charge in [0.15, 0.2) is 0 Å². The monoisotopic (exact) mass is 499 g/mol. The van der Waals surface area contributed by atoms with Crippen LogP contribution in [0.4, 0.5) is 5.95 Å². The molecule has 1 fully saturated rings. The standard InChI is InChI=1S/C29H29N3O5/c1-6-36-21-12-10-17(15-18(21)29(3,4)5)25(33)23-24(22-8-7-13-37-22)32(27(35)26(23)34)28-30-19-11-9-16(2)14-20(19)31-28/h7-15,24,33H,6H2,1-5H3,(H,30,31)/b25-23+. The van der Waals surface area contributed by atoms with Gasteiger partial charge in [0.2, 0.25) is 5.95 Å². The molecule has 8 nitrogen and oxygen atoms in total. The van der Waals surface area contributed by atoms with E-state index in [9.17, 15) is 14.7 Å². The molecule has 190 valence electrons. The molecule has 1 aliphatic heterocycles. The Morgan fingerprint density at radius 2 is 1.95 bits per heavy atom. The first-order chi connectivity index (χ1) is 17.6. The molecule has 3 heterocycles. The van der Waals surface area contributed by atoms with Crippen LogP contribution in [-0.4, -0.2) is 33.4 Å². The summed E-state index contributed by atoms with van der Waals surface area (Å²) in [5, 5.41) is 11.5. The van der Waals surface area contributed by atoms with Crippen molar-refractivity contribution < 1.29 is 23.8 Å². The maximum absolute atomic E-state index is 13.4. The summed E-state index contributed by atoms with van der Waals surface area (Å²) < 4.78 is 11.5. The predicted molar refractivity (Wildman–Crippen MR) is 141 cm³/mol. The molecule has 0 saturated carbocycles. The molecule has 2 N–H and O–H groups in total. The molecule has 2 aromatic heterocycles. The molecule has 1 aliphatic rings. The van der Waals surface area contributed by atoms with E-state index in [4.69, 9.17) is 9.15 Å². The van der Waals surface area contributed by atoms with E-state index in [-0.39, 0.29) is 22.7 Å². The molecule has 37 heavy (non-hydrogen) atoms. The number of nitrogens with one attached hydrogen (secondary N) is 1. The van der Waals surface area contributed by atoms with Gasteiger partial charge >= 0.3 is 5.91 Å². The summed E-state index contributed by atoms with van der Waals surface area (Å²) in [7, 11) is 0. The molecule has 5 rings (SSSR count). The number of carbonyl (C=O) groups excluding carboxylic acids is 2. The highest BCUT2D eigenvalue weighted by atomic mass is 16.5. The number of aromatic amines is 1. The van der Waals surface area contributed by atoms with Crippen molar-refractivity contribution in [3.63, 3.8) is 0 Å². The maximum Gasteiger partial charge on any atom is 0.302 e. The Morgan fingerprint density at radius 1 is 1.16 bits per heavy atom. The van der Waals surface area contributed by atoms with Crippen molar-refractivity contribution >= 4 is 34.4 Å². The lowest BCUT2D eigenvalue weighted by atomic mass is 9.84. The quantitative estimate of drug-likeness (QED) is 0.204. The fourth-order valence-corrected chi connectivity index (χ4v) is 4.69. The third kappa shape index (κ3) is 4.18. The minimum Gasteiger partial charge on any atom is -0.507 e. The Labute approximate surface area is 214 Å². The zero-order valence-corrected chi connectivity index (χ0v) is 21.5. The van der Waals surface area contributed by atoms with E-state index < -0.39 is 17.7 Å². The van der Waals surface area contributed by atoms with E-state index in [1.165, 1.54) is 11.2 Å². The van der Waals surface area contributed by atoms with Crippen molar-refractivity contribution in [2.24, 2.45) is 0 Å². The molecule has 1 saturated heterocycles. The number of aryl methyl sites for hydroxylation is 1. The van der Waals surface area contributed by atoms with Gasteiger partial charge in [-0.2, -0.15) is 0 Å². The average Bonchev–Trinajstić information content (AvgIpc) is 3.57. The number of aliphatic hydroxyl groups excluding tert-OH is 1. The van der Waals surface area contributed by atoms with E-state index in [0.717, 1.165) is 16.6 Å². The van der Waals surface area contributed by atoms with Crippen LogP contribution < -0.4 is 9.64 Å². The van der Waals surface area contributed by atoms with Crippen molar-refractivity contribution in [3.05, 3.63) is 82.8 Å². The highest BCUT2D eigenvalue weighted by Gasteiger charge is 2.49. The summed E-state index contributed by atoms with van der Waals surface area (Å²) in [6, 6.07) is 13.3. The highest BCUT2D eigenvalue weighted by molar-refractivity contribution is 6.51. The smallest absolute Gasteiger partial charge is 0.302 e. The molecule has 1 atom stereocenters. The van der Waals surface area contributed by atoms with Crippen molar-refractivity contribution in [1.29, 1.82) is 0 Å². The van der Waals surface area contributed by atoms with Gasteiger partial charge in [-0.1, -0.05) is 26.8 Å². The molecular weight excluding hydrogens is 470 g/mol. The first-order valence-electron chi connectivity index (χ1n) is 12.2. The van der Waals surface area contributed by atoms with Crippen LogP contribution >= 0.6 is 0 Å². The third-order valence-electron chi connectivity index (χ3n) is 6.47. The van der Waals surface area contributed by atoms with Crippen LogP contribution in [0.25, 0.3) is 16.8 Å². The normalized spacial score (nSPS) is 17.6. The second-order valence-electron chi connectivity index (χ2n) is 10.2. The van der Waals surface area contributed by atoms with Gasteiger partial charge in [0, 0.05) is 11.1 Å². The molecule has 0 aliphatic carbocycles. The number of ketones is 1. The molecule has 4 aromatic rings. The van der Waals surface area contributed by atoms with Crippen molar-refractivity contribution in [2.45, 2.75) is 46.1 Å². The van der Waals surface area contributed by atoms with Gasteiger partial charge in [-0.15, -0.1) is 0 Å². The Kier molecular flexibility index (Phi) is 5.90. The number of amides is 1. The number of rotatable bonds is 5. The van der Waals surface area contributed by atoms with Gasteiger partial charge < -0.3 is 19.2 Å². The summed E-state index contributed by atoms with van der Waals surface area (Å²) in [4.78, 5) is 35.8. The van der Waals surface area contributed by atoms with Crippen molar-refractivity contribution in [1.82, 2.24) is 9.97 Å². The fraction of sp³-hybridized carbons (Fsp3) is 0.276. The number of Topliss-reactive ketones (excluding diaryl/α,β-unsaturated/α-hetero) is 1. The van der Waals surface area contributed by atoms with Crippen LogP contribution in [0.2, 0.25) is 0 Å². The lowest BCUT2D eigenvalue weighted by Crippen LogP contribution is -2.30. The average molecular weight is 500 g/mol. The number of hydrogen-bond acceptors (Lipinski definition) is 6. The SMILES string of the molecule is CCOc1ccc(/C(O)=C2\C(=O)C(=O)N(c3nc4ccc(C)cc4[nH]3)C2c2ccco2)cc1C(C)(C)C. The summed E-state index contributed by atoms with van der Waals surface area (Å²) in [6.07, 6.45) is 1.46. The zero-order valence-electron chi connectivity index (χ0n) is 21.5. The van der Waals surface area contributed by atoms with Gasteiger partial charge in [0.1, 0.15) is 23.3 Å². The number of benzene rings is 2. The predicted octanol–water partition coefficient (Wildman–Crippen LogP) is 5.79. The number of imidazole rings is 1. The largest absolute Gasteiger partial charge is 0.507 e. The Hall–Kier alpha value is -4.33. The van der Waals surface area contributed by atoms with Gasteiger partial charge in [-0.3, -0.25) is 14.5 Å². The number of hydrogen-bond donors (Lipinski definition) is 2. The number of nitrogens with zero attached hydrogens (tertiary/aromatic N) is 2. The van der Waals surface area contributed by atoms with Gasteiger partial charge in [-0.25, -0.2) is 4.98 Å². The Morgan fingerprint density at radius 3 is 2.62 bits per heavy atom. The van der Waals surface area contributed by atoms with Crippen LogP contribution in [0.15, 0.2) is 64.8 Å². The number of fused-ring (bicyclic) bond motifs is 1. The number of ether oxygens (including phenoxy) is 1. The van der Waals surface area contributed by atoms with E-state index in [1.54, 1.807) is 30.3 Å². The zero-order chi connectivity index (χ0) is 26.5. The molecule has 8 heteroatoms. The summed E-state index contributed by atoms with van der Waals surface area (Å²) in [5.74, 6) is -0.679. The lowest BCUT2D eigenvalue weighted by molar-refractivity contribution is -0.132. The minimum absolute atomic E-state index is 0.0689. The second-order valence-corrected chi connectivity index (χ2v) is 10.2. The van der Waals surface area contributed by atoms with E-state index in [0.29, 0.717) is 29.2 Å². The maximum atomic E-state index is 13.4. The summed E-state index contributed by atoms with van der Waals surface area (Å²) in [6.45, 7) is 10.5.